The Hall–Kier alpha value is -2.17. The van der Waals surface area contributed by atoms with Crippen molar-refractivity contribution in [1.82, 2.24) is 0 Å². The lowest BCUT2D eigenvalue weighted by atomic mass is 9.56. The van der Waals surface area contributed by atoms with E-state index in [2.05, 4.69) is 0 Å². The van der Waals surface area contributed by atoms with Gasteiger partial charge in [0.25, 0.3) is 0 Å². The van der Waals surface area contributed by atoms with Crippen molar-refractivity contribution in [2.45, 2.75) is 18.3 Å². The summed E-state index contributed by atoms with van der Waals surface area (Å²) in [5.74, 6) is -2.53. The number of hydrogen-bond acceptors (Lipinski definition) is 3. The van der Waals surface area contributed by atoms with Gasteiger partial charge in [-0.25, -0.2) is 4.90 Å². The van der Waals surface area contributed by atoms with Crippen molar-refractivity contribution in [3.05, 3.63) is 63.6 Å². The molecule has 0 unspecified atom stereocenters. The summed E-state index contributed by atoms with van der Waals surface area (Å²) in [5.41, 5.74) is 2.24. The van der Waals surface area contributed by atoms with Crippen LogP contribution in [0.1, 0.15) is 29.4 Å². The summed E-state index contributed by atoms with van der Waals surface area (Å²) in [5, 5.41) is 0.673. The molecule has 1 aliphatic heterocycles. The van der Waals surface area contributed by atoms with E-state index in [1.807, 2.05) is 24.3 Å². The van der Waals surface area contributed by atoms with Crippen LogP contribution in [0.4, 0.5) is 5.69 Å². The first kappa shape index (κ1) is 16.0. The van der Waals surface area contributed by atoms with Crippen molar-refractivity contribution < 1.29 is 14.4 Å². The number of fused-ring (bicyclic) bond motifs is 1. The zero-order valence-corrected chi connectivity index (χ0v) is 15.0. The number of rotatable bonds is 1. The molecule has 4 aliphatic rings. The van der Waals surface area contributed by atoms with Crippen LogP contribution in [0.5, 0.6) is 0 Å². The van der Waals surface area contributed by atoms with Crippen molar-refractivity contribution in [1.29, 1.82) is 0 Å². The molecule has 4 atom stereocenters. The number of ketones is 1. The van der Waals surface area contributed by atoms with Gasteiger partial charge in [-0.2, -0.15) is 0 Å². The number of imide groups is 1. The Bertz CT molecular complexity index is 1000. The molecule has 3 aliphatic carbocycles. The highest BCUT2D eigenvalue weighted by molar-refractivity contribution is 6.38. The predicted molar refractivity (Wildman–Crippen MR) is 97.5 cm³/mol. The highest BCUT2D eigenvalue weighted by Crippen LogP contribution is 2.58. The minimum atomic E-state index is -0.643. The predicted octanol–water partition coefficient (Wildman–Crippen LogP) is 3.95. The SMILES string of the molecule is O=C1C[C@H]2c3ccccc3[C@@H]1[C@@H]1C(=O)N(c3ccc(Cl)cc3Cl)C(=O)[C@@H]12. The van der Waals surface area contributed by atoms with Crippen LogP contribution < -0.4 is 4.90 Å². The molecule has 6 heteroatoms. The van der Waals surface area contributed by atoms with Crippen LogP contribution in [0, 0.1) is 11.8 Å². The van der Waals surface area contributed by atoms with Crippen LogP contribution in [0.2, 0.25) is 10.0 Å². The molecule has 1 heterocycles. The van der Waals surface area contributed by atoms with Crippen LogP contribution in [0.3, 0.4) is 0 Å². The van der Waals surface area contributed by atoms with Crippen LogP contribution in [0.15, 0.2) is 42.5 Å². The van der Waals surface area contributed by atoms with Gasteiger partial charge in [0.1, 0.15) is 5.78 Å². The van der Waals surface area contributed by atoms with Gasteiger partial charge in [-0.1, -0.05) is 47.5 Å². The fourth-order valence-corrected chi connectivity index (χ4v) is 5.35. The van der Waals surface area contributed by atoms with Gasteiger partial charge in [0, 0.05) is 17.4 Å². The number of anilines is 1. The summed E-state index contributed by atoms with van der Waals surface area (Å²) in [6.45, 7) is 0. The van der Waals surface area contributed by atoms with Crippen molar-refractivity contribution >= 4 is 46.5 Å². The fraction of sp³-hybridized carbons (Fsp3) is 0.250. The van der Waals surface area contributed by atoms with Crippen LogP contribution in [-0.4, -0.2) is 17.6 Å². The van der Waals surface area contributed by atoms with Gasteiger partial charge in [0.05, 0.1) is 28.5 Å². The van der Waals surface area contributed by atoms with Gasteiger partial charge < -0.3 is 0 Å². The molecule has 1 saturated carbocycles. The second kappa shape index (κ2) is 5.41. The van der Waals surface area contributed by atoms with E-state index in [0.717, 1.165) is 16.0 Å². The second-order valence-corrected chi connectivity index (χ2v) is 7.89. The quantitative estimate of drug-likeness (QED) is 0.698. The number of nitrogens with zero attached hydrogens (tertiary/aromatic N) is 1. The van der Waals surface area contributed by atoms with E-state index in [-0.39, 0.29) is 28.5 Å². The van der Waals surface area contributed by atoms with Crippen molar-refractivity contribution in [3.63, 3.8) is 0 Å². The highest BCUT2D eigenvalue weighted by atomic mass is 35.5. The molecule has 1 saturated heterocycles. The van der Waals surface area contributed by atoms with E-state index in [0.29, 0.717) is 17.1 Å². The summed E-state index contributed by atoms with van der Waals surface area (Å²) in [6, 6.07) is 12.3. The number of amides is 2. The van der Waals surface area contributed by atoms with Crippen molar-refractivity contribution in [3.8, 4) is 0 Å². The molecule has 0 aromatic heterocycles. The maximum absolute atomic E-state index is 13.2. The monoisotopic (exact) mass is 385 g/mol. The third-order valence-electron chi connectivity index (χ3n) is 5.84. The van der Waals surface area contributed by atoms with Gasteiger partial charge in [0.15, 0.2) is 0 Å². The Morgan fingerprint density at radius 2 is 1.58 bits per heavy atom. The maximum atomic E-state index is 13.2. The lowest BCUT2D eigenvalue weighted by Crippen LogP contribution is -2.44. The smallest absolute Gasteiger partial charge is 0.238 e. The van der Waals surface area contributed by atoms with Crippen LogP contribution in [-0.2, 0) is 14.4 Å². The topological polar surface area (TPSA) is 54.5 Å². The highest BCUT2D eigenvalue weighted by Gasteiger charge is 2.62. The van der Waals surface area contributed by atoms with Gasteiger partial charge in [0.2, 0.25) is 11.8 Å². The maximum Gasteiger partial charge on any atom is 0.238 e. The van der Waals surface area contributed by atoms with Gasteiger partial charge in [-0.15, -0.1) is 0 Å². The number of Topliss-reactive ketones (excluding diaryl/α,β-unsaturated/α-hetero) is 1. The average Bonchev–Trinajstić information content (AvgIpc) is 2.88. The zero-order valence-electron chi connectivity index (χ0n) is 13.5. The molecule has 2 aromatic carbocycles. The molecular weight excluding hydrogens is 373 g/mol. The molecule has 26 heavy (non-hydrogen) atoms. The van der Waals surface area contributed by atoms with Crippen molar-refractivity contribution in [2.24, 2.45) is 11.8 Å². The molecule has 2 fully saturated rings. The Balaban J connectivity index is 1.66. The summed E-state index contributed by atoms with van der Waals surface area (Å²) in [4.78, 5) is 40.2. The van der Waals surface area contributed by atoms with Gasteiger partial charge in [-0.3, -0.25) is 14.4 Å². The largest absolute Gasteiger partial charge is 0.299 e. The van der Waals surface area contributed by atoms with E-state index in [9.17, 15) is 14.4 Å². The molecule has 6 rings (SSSR count). The minimum Gasteiger partial charge on any atom is -0.299 e. The summed E-state index contributed by atoms with van der Waals surface area (Å²) < 4.78 is 0. The van der Waals surface area contributed by atoms with E-state index in [4.69, 9.17) is 23.2 Å². The standard InChI is InChI=1S/C20H13Cl2NO3/c21-9-5-6-14(13(22)7-9)23-19(25)17-12-8-15(24)16(18(17)20(23)26)11-4-2-1-3-10(11)12/h1-7,12,16-18H,8H2/t12-,16-,17+,18-/m0/s1. The molecule has 130 valence electrons. The number of carbonyl (C=O) groups excluding carboxylic acids is 3. The number of hydrogen-bond donors (Lipinski definition) is 0. The van der Waals surface area contributed by atoms with E-state index >= 15 is 0 Å². The molecular formula is C20H13Cl2NO3. The molecule has 0 radical (unpaired) electrons. The molecule has 2 bridgehead atoms. The lowest BCUT2D eigenvalue weighted by Gasteiger charge is -2.43. The molecule has 4 nitrogen and oxygen atoms in total. The minimum absolute atomic E-state index is 0.0418. The summed E-state index contributed by atoms with van der Waals surface area (Å²) in [7, 11) is 0. The molecule has 2 aromatic rings. The Morgan fingerprint density at radius 3 is 2.31 bits per heavy atom. The normalized spacial score (nSPS) is 29.2. The first-order chi connectivity index (χ1) is 12.5. The van der Waals surface area contributed by atoms with Crippen LogP contribution in [0.25, 0.3) is 0 Å². The zero-order chi connectivity index (χ0) is 18.2. The van der Waals surface area contributed by atoms with E-state index in [1.54, 1.807) is 12.1 Å². The van der Waals surface area contributed by atoms with Gasteiger partial charge in [-0.05, 0) is 29.3 Å². The van der Waals surface area contributed by atoms with Crippen LogP contribution >= 0.6 is 23.2 Å². The Labute approximate surface area is 159 Å². The van der Waals surface area contributed by atoms with Gasteiger partial charge >= 0.3 is 0 Å². The Kier molecular flexibility index (Phi) is 3.34. The summed E-state index contributed by atoms with van der Waals surface area (Å²) in [6.07, 6.45) is 0.310. The van der Waals surface area contributed by atoms with E-state index < -0.39 is 17.8 Å². The van der Waals surface area contributed by atoms with E-state index in [1.165, 1.54) is 6.07 Å². The summed E-state index contributed by atoms with van der Waals surface area (Å²) >= 11 is 12.2. The first-order valence-corrected chi connectivity index (χ1v) is 9.19. The average molecular weight is 386 g/mol. The molecule has 0 N–H and O–H groups in total. The first-order valence-electron chi connectivity index (χ1n) is 8.43. The molecule has 0 spiro atoms. The third-order valence-corrected chi connectivity index (χ3v) is 6.38. The lowest BCUT2D eigenvalue weighted by molar-refractivity contribution is -0.134. The second-order valence-electron chi connectivity index (χ2n) is 7.04. The van der Waals surface area contributed by atoms with Crippen molar-refractivity contribution in [2.75, 3.05) is 4.90 Å². The number of carbonyl (C=O) groups is 3. The third kappa shape index (κ3) is 1.94. The molecule has 2 amide bonds. The number of benzene rings is 2. The Morgan fingerprint density at radius 1 is 0.885 bits per heavy atom. The fourth-order valence-electron chi connectivity index (χ4n) is 4.86. The number of halogens is 2.